The van der Waals surface area contributed by atoms with E-state index in [9.17, 15) is 9.59 Å². The molecule has 0 aliphatic rings. The molecule has 0 fully saturated rings. The molecule has 0 aliphatic carbocycles. The molecule has 0 heterocycles. The summed E-state index contributed by atoms with van der Waals surface area (Å²) in [4.78, 5) is 22.9. The van der Waals surface area contributed by atoms with Gasteiger partial charge in [0.05, 0.1) is 5.56 Å². The number of halogens is 1. The fraction of sp³-hybridized carbons (Fsp3) is 0.105. The number of hydrogen-bond donors (Lipinski definition) is 3. The minimum absolute atomic E-state index is 0.0702. The van der Waals surface area contributed by atoms with Crippen LogP contribution >= 0.6 is 11.6 Å². The maximum atomic E-state index is 12.1. The third-order valence-electron chi connectivity index (χ3n) is 3.52. The minimum Gasteiger partial charge on any atom is -0.478 e. The first-order valence-electron chi connectivity index (χ1n) is 7.68. The van der Waals surface area contributed by atoms with Gasteiger partial charge >= 0.3 is 5.97 Å². The van der Waals surface area contributed by atoms with E-state index < -0.39 is 11.9 Å². The van der Waals surface area contributed by atoms with Crippen molar-refractivity contribution in [1.29, 1.82) is 5.26 Å². The molecule has 0 radical (unpaired) electrons. The number of carboxylic acid groups (broad SMARTS) is 1. The molecule has 6 nitrogen and oxygen atoms in total. The van der Waals surface area contributed by atoms with Crippen molar-refractivity contribution >= 4 is 23.5 Å². The van der Waals surface area contributed by atoms with Gasteiger partial charge in [-0.2, -0.15) is 5.26 Å². The summed E-state index contributed by atoms with van der Waals surface area (Å²) in [5.41, 5.74) is 1.70. The van der Waals surface area contributed by atoms with E-state index in [1.165, 1.54) is 18.3 Å². The number of carboxylic acids is 1. The van der Waals surface area contributed by atoms with Gasteiger partial charge in [0.1, 0.15) is 11.6 Å². The van der Waals surface area contributed by atoms with Gasteiger partial charge in [-0.05, 0) is 29.3 Å². The summed E-state index contributed by atoms with van der Waals surface area (Å²) in [6.07, 6.45) is 1.33. The molecule has 0 bridgehead atoms. The van der Waals surface area contributed by atoms with Gasteiger partial charge in [0.25, 0.3) is 5.91 Å². The number of carbonyl (C=O) groups excluding carboxylic acids is 1. The molecule has 2 aromatic rings. The van der Waals surface area contributed by atoms with Crippen LogP contribution in [0.25, 0.3) is 0 Å². The van der Waals surface area contributed by atoms with E-state index >= 15 is 0 Å². The highest BCUT2D eigenvalue weighted by atomic mass is 35.5. The molecular weight excluding hydrogens is 354 g/mol. The molecule has 2 rings (SSSR count). The van der Waals surface area contributed by atoms with Crippen LogP contribution in [0, 0.1) is 11.3 Å². The molecule has 0 unspecified atom stereocenters. The van der Waals surface area contributed by atoms with Crippen LogP contribution in [-0.2, 0) is 17.9 Å². The Morgan fingerprint density at radius 1 is 1.12 bits per heavy atom. The summed E-state index contributed by atoms with van der Waals surface area (Å²) in [5.74, 6) is -1.51. The highest BCUT2D eigenvalue weighted by Crippen LogP contribution is 2.14. The molecule has 0 saturated carbocycles. The second kappa shape index (κ2) is 9.25. The fourth-order valence-corrected chi connectivity index (χ4v) is 2.30. The highest BCUT2D eigenvalue weighted by molar-refractivity contribution is 6.31. The fourth-order valence-electron chi connectivity index (χ4n) is 2.10. The van der Waals surface area contributed by atoms with E-state index in [4.69, 9.17) is 22.0 Å². The van der Waals surface area contributed by atoms with E-state index in [1.54, 1.807) is 30.3 Å². The summed E-state index contributed by atoms with van der Waals surface area (Å²) in [5, 5.41) is 24.0. The number of rotatable bonds is 7. The summed E-state index contributed by atoms with van der Waals surface area (Å²) in [6.45, 7) is 0.567. The maximum Gasteiger partial charge on any atom is 0.335 e. The van der Waals surface area contributed by atoms with Gasteiger partial charge < -0.3 is 15.7 Å². The lowest BCUT2D eigenvalue weighted by Crippen LogP contribution is -2.25. The Labute approximate surface area is 155 Å². The summed E-state index contributed by atoms with van der Waals surface area (Å²) < 4.78 is 0. The third kappa shape index (κ3) is 5.36. The van der Waals surface area contributed by atoms with Crippen molar-refractivity contribution in [3.8, 4) is 6.07 Å². The smallest absolute Gasteiger partial charge is 0.335 e. The van der Waals surface area contributed by atoms with Crippen molar-refractivity contribution < 1.29 is 14.7 Å². The highest BCUT2D eigenvalue weighted by Gasteiger charge is 2.09. The zero-order chi connectivity index (χ0) is 18.9. The molecule has 0 atom stereocenters. The molecule has 0 aromatic heterocycles. The van der Waals surface area contributed by atoms with Gasteiger partial charge in [0, 0.05) is 24.3 Å². The number of nitriles is 1. The summed E-state index contributed by atoms with van der Waals surface area (Å²) in [6, 6.07) is 15.3. The van der Waals surface area contributed by atoms with E-state index in [0.29, 0.717) is 11.6 Å². The van der Waals surface area contributed by atoms with Crippen molar-refractivity contribution in [1.82, 2.24) is 10.6 Å². The number of benzene rings is 2. The van der Waals surface area contributed by atoms with Crippen LogP contribution in [0.4, 0.5) is 0 Å². The Morgan fingerprint density at radius 3 is 2.42 bits per heavy atom. The van der Waals surface area contributed by atoms with Crippen LogP contribution in [0.5, 0.6) is 0 Å². The number of hydrogen-bond acceptors (Lipinski definition) is 4. The second-order valence-electron chi connectivity index (χ2n) is 5.33. The predicted molar refractivity (Wildman–Crippen MR) is 97.2 cm³/mol. The SMILES string of the molecule is N#C/C(=C/NCc1ccc(C(=O)O)cc1)C(=O)NCc1ccccc1Cl. The van der Waals surface area contributed by atoms with Crippen LogP contribution < -0.4 is 10.6 Å². The zero-order valence-corrected chi connectivity index (χ0v) is 14.5. The standard InChI is InChI=1S/C19H16ClN3O3/c20-17-4-2-1-3-15(17)12-23-18(24)16(9-21)11-22-10-13-5-7-14(8-6-13)19(25)26/h1-8,11,22H,10,12H2,(H,23,24)(H,25,26)/b16-11-. The largest absolute Gasteiger partial charge is 0.478 e. The lowest BCUT2D eigenvalue weighted by Gasteiger charge is -2.07. The normalized spacial score (nSPS) is 10.7. The molecule has 0 saturated heterocycles. The number of nitrogens with zero attached hydrogens (tertiary/aromatic N) is 1. The lowest BCUT2D eigenvalue weighted by molar-refractivity contribution is -0.117. The van der Waals surface area contributed by atoms with Gasteiger partial charge in [-0.3, -0.25) is 4.79 Å². The van der Waals surface area contributed by atoms with Crippen molar-refractivity contribution in [3.63, 3.8) is 0 Å². The molecule has 132 valence electrons. The first-order chi connectivity index (χ1) is 12.5. The lowest BCUT2D eigenvalue weighted by atomic mass is 10.1. The van der Waals surface area contributed by atoms with Crippen molar-refractivity contribution in [3.05, 3.63) is 82.0 Å². The number of amides is 1. The zero-order valence-electron chi connectivity index (χ0n) is 13.7. The first kappa shape index (κ1) is 19.0. The van der Waals surface area contributed by atoms with Crippen LogP contribution in [-0.4, -0.2) is 17.0 Å². The molecule has 7 heteroatoms. The van der Waals surface area contributed by atoms with E-state index in [-0.39, 0.29) is 17.7 Å². The Hall–Kier alpha value is -3.30. The Kier molecular flexibility index (Phi) is 6.77. The van der Waals surface area contributed by atoms with E-state index in [0.717, 1.165) is 11.1 Å². The molecular formula is C19H16ClN3O3. The van der Waals surface area contributed by atoms with Crippen molar-refractivity contribution in [2.75, 3.05) is 0 Å². The quantitative estimate of drug-likeness (QED) is 0.514. The van der Waals surface area contributed by atoms with Gasteiger partial charge in [-0.25, -0.2) is 4.79 Å². The van der Waals surface area contributed by atoms with Gasteiger partial charge in [-0.1, -0.05) is 41.9 Å². The van der Waals surface area contributed by atoms with Crippen LogP contribution in [0.1, 0.15) is 21.5 Å². The molecule has 26 heavy (non-hydrogen) atoms. The summed E-state index contributed by atoms with van der Waals surface area (Å²) in [7, 11) is 0. The van der Waals surface area contributed by atoms with Crippen LogP contribution in [0.3, 0.4) is 0 Å². The van der Waals surface area contributed by atoms with Crippen LogP contribution in [0.2, 0.25) is 5.02 Å². The van der Waals surface area contributed by atoms with Crippen molar-refractivity contribution in [2.24, 2.45) is 0 Å². The minimum atomic E-state index is -0.994. The number of aromatic carboxylic acids is 1. The van der Waals surface area contributed by atoms with Gasteiger partial charge in [0.15, 0.2) is 0 Å². The monoisotopic (exact) mass is 369 g/mol. The molecule has 0 spiro atoms. The average Bonchev–Trinajstić information content (AvgIpc) is 2.64. The average molecular weight is 370 g/mol. The Bertz CT molecular complexity index is 870. The molecule has 2 aromatic carbocycles. The van der Waals surface area contributed by atoms with Gasteiger partial charge in [0.2, 0.25) is 0 Å². The Balaban J connectivity index is 1.90. The molecule has 3 N–H and O–H groups in total. The number of carbonyl (C=O) groups is 2. The maximum absolute atomic E-state index is 12.1. The first-order valence-corrected chi connectivity index (χ1v) is 8.06. The number of nitrogens with one attached hydrogen (secondary N) is 2. The summed E-state index contributed by atoms with van der Waals surface area (Å²) >= 11 is 6.02. The van der Waals surface area contributed by atoms with E-state index in [2.05, 4.69) is 10.6 Å². The molecule has 1 amide bonds. The third-order valence-corrected chi connectivity index (χ3v) is 3.88. The topological polar surface area (TPSA) is 102 Å². The molecule has 0 aliphatic heterocycles. The van der Waals surface area contributed by atoms with E-state index in [1.807, 2.05) is 12.1 Å². The second-order valence-corrected chi connectivity index (χ2v) is 5.73. The predicted octanol–water partition coefficient (Wildman–Crippen LogP) is 2.85. The van der Waals surface area contributed by atoms with Crippen molar-refractivity contribution in [2.45, 2.75) is 13.1 Å². The van der Waals surface area contributed by atoms with Gasteiger partial charge in [-0.15, -0.1) is 0 Å². The Morgan fingerprint density at radius 2 is 1.81 bits per heavy atom. The van der Waals surface area contributed by atoms with Crippen LogP contribution in [0.15, 0.2) is 60.3 Å².